The molecule has 3 heteroatoms. The molecule has 92 valence electrons. The number of nitrogens with zero attached hydrogens (tertiary/aromatic N) is 2. The Morgan fingerprint density at radius 1 is 1.35 bits per heavy atom. The van der Waals surface area contributed by atoms with Gasteiger partial charge in [-0.15, -0.1) is 0 Å². The van der Waals surface area contributed by atoms with Crippen LogP contribution in [0.15, 0.2) is 18.5 Å². The first kappa shape index (κ1) is 11.2. The highest BCUT2D eigenvalue weighted by Crippen LogP contribution is 2.36. The molecule has 1 aromatic heterocycles. The Bertz CT molecular complexity index is 390. The molecule has 3 rings (SSSR count). The lowest BCUT2D eigenvalue weighted by molar-refractivity contribution is 0.119. The summed E-state index contributed by atoms with van der Waals surface area (Å²) < 4.78 is 0. The Labute approximate surface area is 103 Å². The fraction of sp³-hybridized carbons (Fsp3) is 0.643. The number of hydrogen-bond acceptors (Lipinski definition) is 3. The molecule has 3 nitrogen and oxygen atoms in total. The van der Waals surface area contributed by atoms with Gasteiger partial charge in [-0.25, -0.2) is 0 Å². The number of nitrogens with two attached hydrogens (primary N) is 1. The summed E-state index contributed by atoms with van der Waals surface area (Å²) in [5.41, 5.74) is 8.83. The van der Waals surface area contributed by atoms with Gasteiger partial charge in [0.25, 0.3) is 0 Å². The number of rotatable bonds is 2. The van der Waals surface area contributed by atoms with E-state index in [4.69, 9.17) is 5.73 Å². The van der Waals surface area contributed by atoms with Crippen LogP contribution in [0.4, 0.5) is 0 Å². The van der Waals surface area contributed by atoms with Crippen molar-refractivity contribution in [1.82, 2.24) is 9.88 Å². The summed E-state index contributed by atoms with van der Waals surface area (Å²) in [5, 5.41) is 0. The molecule has 2 aliphatic rings. The Kier molecular flexibility index (Phi) is 2.89. The molecule has 2 N–H and O–H groups in total. The highest BCUT2D eigenvalue weighted by Gasteiger charge is 2.39. The van der Waals surface area contributed by atoms with Crippen molar-refractivity contribution in [2.75, 3.05) is 0 Å². The standard InChI is InChI=1S/C14H21N3/c1-10-4-5-16-8-11(10)9-17-13-2-3-14(17)7-12(15)6-13/h4-5,8,12-14H,2-3,6-7,9,15H2,1H3. The van der Waals surface area contributed by atoms with Crippen LogP contribution < -0.4 is 5.73 Å². The number of hydrogen-bond donors (Lipinski definition) is 1. The molecule has 0 saturated carbocycles. The van der Waals surface area contributed by atoms with E-state index in [1.807, 2.05) is 12.4 Å². The molecule has 2 atom stereocenters. The monoisotopic (exact) mass is 231 g/mol. The molecule has 0 radical (unpaired) electrons. The number of aromatic nitrogens is 1. The van der Waals surface area contributed by atoms with Gasteiger partial charge in [0.2, 0.25) is 0 Å². The van der Waals surface area contributed by atoms with E-state index in [9.17, 15) is 0 Å². The van der Waals surface area contributed by atoms with Gasteiger partial charge in [0.15, 0.2) is 0 Å². The predicted octanol–water partition coefficient (Wildman–Crippen LogP) is 1.84. The molecular weight excluding hydrogens is 210 g/mol. The third-order valence-electron chi connectivity index (χ3n) is 4.42. The summed E-state index contributed by atoms with van der Waals surface area (Å²) in [4.78, 5) is 6.91. The molecule has 0 aromatic carbocycles. The van der Waals surface area contributed by atoms with E-state index < -0.39 is 0 Å². The highest BCUT2D eigenvalue weighted by molar-refractivity contribution is 5.22. The zero-order valence-electron chi connectivity index (χ0n) is 10.5. The van der Waals surface area contributed by atoms with E-state index >= 15 is 0 Å². The van der Waals surface area contributed by atoms with Crippen molar-refractivity contribution in [1.29, 1.82) is 0 Å². The minimum absolute atomic E-state index is 0.429. The van der Waals surface area contributed by atoms with Crippen LogP contribution in [0, 0.1) is 6.92 Å². The molecule has 2 aliphatic heterocycles. The second-order valence-corrected chi connectivity index (χ2v) is 5.59. The first-order chi connectivity index (χ1) is 8.24. The molecule has 2 fully saturated rings. The maximum Gasteiger partial charge on any atom is 0.0315 e. The molecule has 3 heterocycles. The topological polar surface area (TPSA) is 42.2 Å². The van der Waals surface area contributed by atoms with Gasteiger partial charge in [-0.3, -0.25) is 9.88 Å². The van der Waals surface area contributed by atoms with Crippen molar-refractivity contribution in [3.05, 3.63) is 29.6 Å². The van der Waals surface area contributed by atoms with Gasteiger partial charge in [0.05, 0.1) is 0 Å². The van der Waals surface area contributed by atoms with Crippen LogP contribution in [0.3, 0.4) is 0 Å². The molecule has 17 heavy (non-hydrogen) atoms. The van der Waals surface area contributed by atoms with E-state index in [2.05, 4.69) is 22.9 Å². The second-order valence-electron chi connectivity index (χ2n) is 5.59. The van der Waals surface area contributed by atoms with Gasteiger partial charge in [-0.1, -0.05) is 0 Å². The Hall–Kier alpha value is -0.930. The average Bonchev–Trinajstić information content (AvgIpc) is 2.56. The van der Waals surface area contributed by atoms with Crippen LogP contribution in [0.1, 0.15) is 36.8 Å². The van der Waals surface area contributed by atoms with E-state index in [-0.39, 0.29) is 0 Å². The quantitative estimate of drug-likeness (QED) is 0.844. The number of piperidine rings is 1. The van der Waals surface area contributed by atoms with Gasteiger partial charge < -0.3 is 5.73 Å². The van der Waals surface area contributed by atoms with E-state index in [0.717, 1.165) is 6.54 Å². The van der Waals surface area contributed by atoms with Crippen LogP contribution in [-0.4, -0.2) is 28.0 Å². The maximum absolute atomic E-state index is 6.10. The fourth-order valence-electron chi connectivity index (χ4n) is 3.43. The average molecular weight is 231 g/mol. The van der Waals surface area contributed by atoms with E-state index in [1.165, 1.54) is 36.8 Å². The number of fused-ring (bicyclic) bond motifs is 2. The van der Waals surface area contributed by atoms with Crippen molar-refractivity contribution in [3.8, 4) is 0 Å². The lowest BCUT2D eigenvalue weighted by Crippen LogP contribution is -2.46. The van der Waals surface area contributed by atoms with E-state index in [0.29, 0.717) is 18.1 Å². The van der Waals surface area contributed by atoms with Gasteiger partial charge in [0, 0.05) is 37.1 Å². The largest absolute Gasteiger partial charge is 0.328 e. The summed E-state index contributed by atoms with van der Waals surface area (Å²) >= 11 is 0. The van der Waals surface area contributed by atoms with Crippen molar-refractivity contribution < 1.29 is 0 Å². The van der Waals surface area contributed by atoms with Crippen LogP contribution in [0.25, 0.3) is 0 Å². The summed E-state index contributed by atoms with van der Waals surface area (Å²) in [6.45, 7) is 3.23. The zero-order valence-corrected chi connectivity index (χ0v) is 10.5. The highest BCUT2D eigenvalue weighted by atomic mass is 15.2. The van der Waals surface area contributed by atoms with Crippen molar-refractivity contribution >= 4 is 0 Å². The maximum atomic E-state index is 6.10. The van der Waals surface area contributed by atoms with Crippen LogP contribution in [-0.2, 0) is 6.54 Å². The molecular formula is C14H21N3. The van der Waals surface area contributed by atoms with Crippen LogP contribution >= 0.6 is 0 Å². The Morgan fingerprint density at radius 3 is 2.71 bits per heavy atom. The van der Waals surface area contributed by atoms with Crippen molar-refractivity contribution in [3.63, 3.8) is 0 Å². The molecule has 0 spiro atoms. The van der Waals surface area contributed by atoms with Gasteiger partial charge in [0.1, 0.15) is 0 Å². The first-order valence-corrected chi connectivity index (χ1v) is 6.65. The lowest BCUT2D eigenvalue weighted by atomic mass is 9.97. The summed E-state index contributed by atoms with van der Waals surface area (Å²) in [5.74, 6) is 0. The number of pyridine rings is 1. The zero-order chi connectivity index (χ0) is 11.8. The minimum atomic E-state index is 0.429. The van der Waals surface area contributed by atoms with Gasteiger partial charge in [-0.05, 0) is 49.8 Å². The van der Waals surface area contributed by atoms with E-state index in [1.54, 1.807) is 0 Å². The molecule has 2 saturated heterocycles. The van der Waals surface area contributed by atoms with Gasteiger partial charge in [-0.2, -0.15) is 0 Å². The van der Waals surface area contributed by atoms with Crippen molar-refractivity contribution in [2.24, 2.45) is 5.73 Å². The second kappa shape index (κ2) is 4.39. The molecule has 0 aliphatic carbocycles. The Balaban J connectivity index is 1.76. The smallest absolute Gasteiger partial charge is 0.0315 e. The normalized spacial score (nSPS) is 32.9. The summed E-state index contributed by atoms with van der Waals surface area (Å²) in [7, 11) is 0. The minimum Gasteiger partial charge on any atom is -0.328 e. The third kappa shape index (κ3) is 2.09. The van der Waals surface area contributed by atoms with Crippen LogP contribution in [0.5, 0.6) is 0 Å². The van der Waals surface area contributed by atoms with Gasteiger partial charge >= 0.3 is 0 Å². The molecule has 0 amide bonds. The van der Waals surface area contributed by atoms with Crippen molar-refractivity contribution in [2.45, 2.75) is 57.3 Å². The summed E-state index contributed by atoms with van der Waals surface area (Å²) in [6, 6.07) is 3.96. The molecule has 2 unspecified atom stereocenters. The fourth-order valence-corrected chi connectivity index (χ4v) is 3.43. The van der Waals surface area contributed by atoms with Crippen LogP contribution in [0.2, 0.25) is 0 Å². The lowest BCUT2D eigenvalue weighted by Gasteiger charge is -2.37. The molecule has 2 bridgehead atoms. The Morgan fingerprint density at radius 2 is 2.06 bits per heavy atom. The first-order valence-electron chi connectivity index (χ1n) is 6.65. The molecule has 1 aromatic rings. The number of aryl methyl sites for hydroxylation is 1. The predicted molar refractivity (Wildman–Crippen MR) is 68.5 cm³/mol. The summed E-state index contributed by atoms with van der Waals surface area (Å²) in [6.07, 6.45) is 8.91. The third-order valence-corrected chi connectivity index (χ3v) is 4.42. The SMILES string of the molecule is Cc1ccncc1CN1C2CCC1CC(N)C2.